The molecule has 5 heteroatoms. The molecule has 1 fully saturated rings. The number of carbonyl (C=O) groups is 1. The van der Waals surface area contributed by atoms with E-state index in [0.29, 0.717) is 16.5 Å². The highest BCUT2D eigenvalue weighted by atomic mass is 35.5. The van der Waals surface area contributed by atoms with Crippen molar-refractivity contribution in [3.05, 3.63) is 52.3 Å². The second-order valence-corrected chi connectivity index (χ2v) is 6.00. The molecule has 1 aliphatic heterocycles. The Kier molecular flexibility index (Phi) is 3.97. The van der Waals surface area contributed by atoms with E-state index >= 15 is 0 Å². The molecule has 1 aromatic heterocycles. The quantitative estimate of drug-likeness (QED) is 0.924. The van der Waals surface area contributed by atoms with Gasteiger partial charge in [0.15, 0.2) is 0 Å². The summed E-state index contributed by atoms with van der Waals surface area (Å²) in [6.07, 6.45) is 3.94. The Labute approximate surface area is 129 Å². The lowest BCUT2D eigenvalue weighted by atomic mass is 9.92. The fraction of sp³-hybridized carbons (Fsp3) is 0.375. The number of likely N-dealkylation sites (tertiary alicyclic amines) is 1. The van der Waals surface area contributed by atoms with E-state index in [9.17, 15) is 4.79 Å². The monoisotopic (exact) mass is 303 g/mol. The molecule has 1 atom stereocenters. The molecule has 1 amide bonds. The van der Waals surface area contributed by atoms with Crippen LogP contribution in [0.5, 0.6) is 0 Å². The summed E-state index contributed by atoms with van der Waals surface area (Å²) in [4.78, 5) is 14.5. The SMILES string of the molecule is Cc1cn[nH]c1[C@H]1CCCN(C(=O)c2cccc(Cl)c2)C1. The van der Waals surface area contributed by atoms with Gasteiger partial charge < -0.3 is 4.90 Å². The van der Waals surface area contributed by atoms with Crippen LogP contribution in [-0.2, 0) is 0 Å². The fourth-order valence-electron chi connectivity index (χ4n) is 2.97. The minimum atomic E-state index is 0.0550. The van der Waals surface area contributed by atoms with Crippen molar-refractivity contribution in [2.45, 2.75) is 25.7 Å². The van der Waals surface area contributed by atoms with Gasteiger partial charge in [0.05, 0.1) is 6.20 Å². The zero-order valence-corrected chi connectivity index (χ0v) is 12.7. The third-order valence-electron chi connectivity index (χ3n) is 4.06. The number of hydrogen-bond acceptors (Lipinski definition) is 2. The standard InChI is InChI=1S/C16H18ClN3O/c1-11-9-18-19-15(11)13-5-3-7-20(10-13)16(21)12-4-2-6-14(17)8-12/h2,4,6,8-9,13H,3,5,7,10H2,1H3,(H,18,19)/t13-/m0/s1. The molecule has 0 aliphatic carbocycles. The van der Waals surface area contributed by atoms with Crippen LogP contribution in [0.1, 0.15) is 40.4 Å². The summed E-state index contributed by atoms with van der Waals surface area (Å²) in [5, 5.41) is 7.76. The average Bonchev–Trinajstić information content (AvgIpc) is 2.93. The molecule has 0 radical (unpaired) electrons. The van der Waals surface area contributed by atoms with Crippen molar-refractivity contribution in [2.24, 2.45) is 0 Å². The van der Waals surface area contributed by atoms with Crippen LogP contribution in [0.2, 0.25) is 5.02 Å². The van der Waals surface area contributed by atoms with Gasteiger partial charge in [-0.05, 0) is 43.5 Å². The molecule has 0 bridgehead atoms. The molecule has 0 saturated carbocycles. The molecular weight excluding hydrogens is 286 g/mol. The first-order valence-electron chi connectivity index (χ1n) is 7.20. The summed E-state index contributed by atoms with van der Waals surface area (Å²) in [6, 6.07) is 7.15. The van der Waals surface area contributed by atoms with Crippen LogP contribution in [0.25, 0.3) is 0 Å². The predicted molar refractivity (Wildman–Crippen MR) is 82.7 cm³/mol. The molecule has 1 aromatic carbocycles. The number of rotatable bonds is 2. The number of benzene rings is 1. The van der Waals surface area contributed by atoms with Crippen molar-refractivity contribution in [1.82, 2.24) is 15.1 Å². The van der Waals surface area contributed by atoms with Crippen LogP contribution in [0, 0.1) is 6.92 Å². The number of halogens is 1. The third-order valence-corrected chi connectivity index (χ3v) is 4.29. The number of H-pyrrole nitrogens is 1. The van der Waals surface area contributed by atoms with Crippen molar-refractivity contribution in [2.75, 3.05) is 13.1 Å². The molecule has 4 nitrogen and oxygen atoms in total. The Bertz CT molecular complexity index is 652. The van der Waals surface area contributed by atoms with Crippen LogP contribution in [0.4, 0.5) is 0 Å². The lowest BCUT2D eigenvalue weighted by Gasteiger charge is -2.32. The van der Waals surface area contributed by atoms with Crippen LogP contribution in [0.15, 0.2) is 30.5 Å². The van der Waals surface area contributed by atoms with E-state index in [0.717, 1.165) is 37.2 Å². The van der Waals surface area contributed by atoms with Crippen LogP contribution in [-0.4, -0.2) is 34.1 Å². The van der Waals surface area contributed by atoms with Gasteiger partial charge in [-0.2, -0.15) is 5.10 Å². The molecule has 0 spiro atoms. The second kappa shape index (κ2) is 5.90. The highest BCUT2D eigenvalue weighted by Gasteiger charge is 2.27. The van der Waals surface area contributed by atoms with Gasteiger partial charge in [-0.1, -0.05) is 17.7 Å². The number of piperidine rings is 1. The molecule has 3 rings (SSSR count). The third kappa shape index (κ3) is 2.95. The van der Waals surface area contributed by atoms with Crippen molar-refractivity contribution in [1.29, 1.82) is 0 Å². The van der Waals surface area contributed by atoms with Gasteiger partial charge in [0, 0.05) is 35.3 Å². The van der Waals surface area contributed by atoms with Crippen LogP contribution >= 0.6 is 11.6 Å². The average molecular weight is 304 g/mol. The fourth-order valence-corrected chi connectivity index (χ4v) is 3.16. The van der Waals surface area contributed by atoms with Crippen LogP contribution < -0.4 is 0 Å². The Hall–Kier alpha value is -1.81. The first-order chi connectivity index (χ1) is 10.1. The Balaban J connectivity index is 1.77. The van der Waals surface area contributed by atoms with E-state index in [1.54, 1.807) is 12.1 Å². The topological polar surface area (TPSA) is 49.0 Å². The van der Waals surface area contributed by atoms with Gasteiger partial charge in [-0.15, -0.1) is 0 Å². The van der Waals surface area contributed by atoms with Gasteiger partial charge in [-0.3, -0.25) is 9.89 Å². The predicted octanol–water partition coefficient (Wildman–Crippen LogP) is 3.39. The number of hydrogen-bond donors (Lipinski definition) is 1. The van der Waals surface area contributed by atoms with Crippen molar-refractivity contribution < 1.29 is 4.79 Å². The number of carbonyl (C=O) groups excluding carboxylic acids is 1. The maximum Gasteiger partial charge on any atom is 0.253 e. The number of nitrogens with one attached hydrogen (secondary N) is 1. The molecule has 2 heterocycles. The lowest BCUT2D eigenvalue weighted by molar-refractivity contribution is 0.0705. The highest BCUT2D eigenvalue weighted by Crippen LogP contribution is 2.28. The number of nitrogens with zero attached hydrogens (tertiary/aromatic N) is 2. The van der Waals surface area contributed by atoms with E-state index in [2.05, 4.69) is 17.1 Å². The smallest absolute Gasteiger partial charge is 0.253 e. The maximum atomic E-state index is 12.6. The molecule has 1 saturated heterocycles. The minimum Gasteiger partial charge on any atom is -0.338 e. The summed E-state index contributed by atoms with van der Waals surface area (Å²) in [7, 11) is 0. The highest BCUT2D eigenvalue weighted by molar-refractivity contribution is 6.30. The molecule has 1 N–H and O–H groups in total. The zero-order valence-electron chi connectivity index (χ0n) is 12.0. The Morgan fingerprint density at radius 1 is 1.48 bits per heavy atom. The Morgan fingerprint density at radius 2 is 2.33 bits per heavy atom. The van der Waals surface area contributed by atoms with Crippen molar-refractivity contribution >= 4 is 17.5 Å². The first-order valence-corrected chi connectivity index (χ1v) is 7.57. The number of amides is 1. The van der Waals surface area contributed by atoms with E-state index < -0.39 is 0 Å². The molecular formula is C16H18ClN3O. The van der Waals surface area contributed by atoms with E-state index in [4.69, 9.17) is 11.6 Å². The lowest BCUT2D eigenvalue weighted by Crippen LogP contribution is -2.39. The minimum absolute atomic E-state index is 0.0550. The van der Waals surface area contributed by atoms with Gasteiger partial charge in [-0.25, -0.2) is 0 Å². The molecule has 0 unspecified atom stereocenters. The van der Waals surface area contributed by atoms with Crippen LogP contribution in [0.3, 0.4) is 0 Å². The summed E-state index contributed by atoms with van der Waals surface area (Å²) in [6.45, 7) is 3.58. The summed E-state index contributed by atoms with van der Waals surface area (Å²) in [5.74, 6) is 0.392. The molecule has 1 aliphatic rings. The maximum absolute atomic E-state index is 12.6. The zero-order chi connectivity index (χ0) is 14.8. The van der Waals surface area contributed by atoms with Gasteiger partial charge in [0.25, 0.3) is 5.91 Å². The van der Waals surface area contributed by atoms with Crippen molar-refractivity contribution in [3.63, 3.8) is 0 Å². The van der Waals surface area contributed by atoms with E-state index in [-0.39, 0.29) is 5.91 Å². The molecule has 110 valence electrons. The largest absolute Gasteiger partial charge is 0.338 e. The summed E-state index contributed by atoms with van der Waals surface area (Å²) >= 11 is 5.97. The van der Waals surface area contributed by atoms with E-state index in [1.165, 1.54) is 0 Å². The molecule has 2 aromatic rings. The van der Waals surface area contributed by atoms with Gasteiger partial charge in [0.1, 0.15) is 0 Å². The first kappa shape index (κ1) is 14.1. The van der Waals surface area contributed by atoms with Gasteiger partial charge >= 0.3 is 0 Å². The summed E-state index contributed by atoms with van der Waals surface area (Å²) in [5.41, 5.74) is 2.97. The van der Waals surface area contributed by atoms with Gasteiger partial charge in [0.2, 0.25) is 0 Å². The molecule has 21 heavy (non-hydrogen) atoms. The number of aromatic nitrogens is 2. The number of aromatic amines is 1. The number of aryl methyl sites for hydroxylation is 1. The summed E-state index contributed by atoms with van der Waals surface area (Å²) < 4.78 is 0. The van der Waals surface area contributed by atoms with Crippen molar-refractivity contribution in [3.8, 4) is 0 Å². The Morgan fingerprint density at radius 3 is 3.05 bits per heavy atom. The van der Waals surface area contributed by atoms with E-state index in [1.807, 2.05) is 23.2 Å². The second-order valence-electron chi connectivity index (χ2n) is 5.57. The normalized spacial score (nSPS) is 18.8.